The van der Waals surface area contributed by atoms with Gasteiger partial charge in [0.1, 0.15) is 10.6 Å². The van der Waals surface area contributed by atoms with Gasteiger partial charge in [0.15, 0.2) is 0 Å². The molecule has 6 heteroatoms. The summed E-state index contributed by atoms with van der Waals surface area (Å²) < 4.78 is 36.5. The molecule has 0 aliphatic rings. The zero-order chi connectivity index (χ0) is 11.6. The maximum absolute atomic E-state index is 11.0. The fraction of sp³-hybridized carbons (Fsp3) is 0.333. The van der Waals surface area contributed by atoms with E-state index in [1.807, 2.05) is 0 Å². The van der Waals surface area contributed by atoms with E-state index in [0.717, 1.165) is 5.56 Å². The van der Waals surface area contributed by atoms with Gasteiger partial charge in [-0.2, -0.15) is 8.42 Å². The molecule has 4 nitrogen and oxygen atoms in total. The van der Waals surface area contributed by atoms with Crippen molar-refractivity contribution in [2.75, 3.05) is 6.61 Å². The first-order chi connectivity index (χ1) is 6.86. The molecule has 15 heavy (non-hydrogen) atoms. The Hall–Kier alpha value is -0.590. The third-order valence-corrected chi connectivity index (χ3v) is 3.62. The van der Waals surface area contributed by atoms with Gasteiger partial charge in [0.25, 0.3) is 10.1 Å². The highest BCUT2D eigenvalue weighted by molar-refractivity contribution is 9.10. The van der Waals surface area contributed by atoms with E-state index in [0.29, 0.717) is 16.8 Å². The minimum absolute atomic E-state index is 0.184. The van der Waals surface area contributed by atoms with Crippen molar-refractivity contribution in [1.82, 2.24) is 0 Å². The van der Waals surface area contributed by atoms with Gasteiger partial charge in [-0.3, -0.25) is 4.55 Å². The van der Waals surface area contributed by atoms with Crippen LogP contribution in [0, 0.1) is 6.92 Å². The maximum Gasteiger partial charge on any atom is 0.295 e. The lowest BCUT2D eigenvalue weighted by atomic mass is 10.2. The van der Waals surface area contributed by atoms with Crippen LogP contribution in [0.25, 0.3) is 0 Å². The third-order valence-electron chi connectivity index (χ3n) is 1.81. The van der Waals surface area contributed by atoms with Gasteiger partial charge in [0, 0.05) is 10.5 Å². The fourth-order valence-electron chi connectivity index (χ4n) is 1.14. The van der Waals surface area contributed by atoms with E-state index < -0.39 is 10.1 Å². The number of hydrogen-bond acceptors (Lipinski definition) is 3. The quantitative estimate of drug-likeness (QED) is 0.870. The third kappa shape index (κ3) is 2.93. The van der Waals surface area contributed by atoms with Crippen molar-refractivity contribution < 1.29 is 17.7 Å². The molecule has 1 rings (SSSR count). The van der Waals surface area contributed by atoms with E-state index in [1.54, 1.807) is 19.9 Å². The second-order valence-electron chi connectivity index (χ2n) is 2.96. The van der Waals surface area contributed by atoms with Gasteiger partial charge in [-0.05, 0) is 41.4 Å². The highest BCUT2D eigenvalue weighted by Crippen LogP contribution is 2.29. The summed E-state index contributed by atoms with van der Waals surface area (Å²) in [6.07, 6.45) is 0. The zero-order valence-electron chi connectivity index (χ0n) is 8.32. The lowest BCUT2D eigenvalue weighted by Gasteiger charge is -2.09. The largest absolute Gasteiger partial charge is 0.494 e. The molecule has 0 aliphatic carbocycles. The van der Waals surface area contributed by atoms with Gasteiger partial charge in [0.05, 0.1) is 6.61 Å². The summed E-state index contributed by atoms with van der Waals surface area (Å²) >= 11 is 3.07. The minimum atomic E-state index is -4.22. The van der Waals surface area contributed by atoms with Gasteiger partial charge in [0.2, 0.25) is 0 Å². The van der Waals surface area contributed by atoms with Crippen molar-refractivity contribution in [2.45, 2.75) is 18.7 Å². The van der Waals surface area contributed by atoms with Crippen LogP contribution < -0.4 is 4.74 Å². The van der Waals surface area contributed by atoms with Crippen LogP contribution in [0.1, 0.15) is 12.5 Å². The Morgan fingerprint density at radius 3 is 2.53 bits per heavy atom. The number of rotatable bonds is 3. The molecule has 0 aliphatic heterocycles. The lowest BCUT2D eigenvalue weighted by molar-refractivity contribution is 0.336. The van der Waals surface area contributed by atoms with Crippen LogP contribution >= 0.6 is 15.9 Å². The Labute approximate surface area is 97.1 Å². The van der Waals surface area contributed by atoms with E-state index in [9.17, 15) is 8.42 Å². The van der Waals surface area contributed by atoms with Crippen molar-refractivity contribution in [3.05, 3.63) is 22.2 Å². The van der Waals surface area contributed by atoms with Crippen LogP contribution in [0.5, 0.6) is 5.75 Å². The average molecular weight is 295 g/mol. The van der Waals surface area contributed by atoms with E-state index in [-0.39, 0.29) is 4.90 Å². The van der Waals surface area contributed by atoms with Crippen molar-refractivity contribution in [2.24, 2.45) is 0 Å². The summed E-state index contributed by atoms with van der Waals surface area (Å²) in [5, 5.41) is 0. The Morgan fingerprint density at radius 2 is 2.07 bits per heavy atom. The number of halogens is 1. The number of hydrogen-bond donors (Lipinski definition) is 1. The molecule has 0 amide bonds. The summed E-state index contributed by atoms with van der Waals surface area (Å²) in [7, 11) is -4.22. The molecular weight excluding hydrogens is 284 g/mol. The first-order valence-electron chi connectivity index (χ1n) is 4.26. The molecule has 1 N–H and O–H groups in total. The number of aryl methyl sites for hydroxylation is 1. The SMILES string of the molecule is CCOc1cc(S(=O)(=O)O)c(Br)cc1C. The topological polar surface area (TPSA) is 63.6 Å². The normalized spacial score (nSPS) is 11.5. The predicted octanol–water partition coefficient (Wildman–Crippen LogP) is 2.40. The summed E-state index contributed by atoms with van der Waals surface area (Å²) in [6.45, 7) is 4.03. The van der Waals surface area contributed by atoms with Crippen LogP contribution in [0.3, 0.4) is 0 Å². The maximum atomic E-state index is 11.0. The zero-order valence-corrected chi connectivity index (χ0v) is 10.7. The van der Waals surface area contributed by atoms with Crippen molar-refractivity contribution in [1.29, 1.82) is 0 Å². The summed E-state index contributed by atoms with van der Waals surface area (Å²) in [5.74, 6) is 0.452. The highest BCUT2D eigenvalue weighted by Gasteiger charge is 2.16. The smallest absolute Gasteiger partial charge is 0.295 e. The molecule has 0 unspecified atom stereocenters. The number of ether oxygens (including phenoxy) is 1. The van der Waals surface area contributed by atoms with Crippen LogP contribution in [0.2, 0.25) is 0 Å². The molecule has 0 radical (unpaired) electrons. The molecule has 1 aromatic rings. The second kappa shape index (κ2) is 4.51. The van der Waals surface area contributed by atoms with Crippen LogP contribution in [0.15, 0.2) is 21.5 Å². The fourth-order valence-corrected chi connectivity index (χ4v) is 2.78. The Morgan fingerprint density at radius 1 is 1.47 bits per heavy atom. The lowest BCUT2D eigenvalue weighted by Crippen LogP contribution is -2.02. The van der Waals surface area contributed by atoms with E-state index in [4.69, 9.17) is 9.29 Å². The molecule has 0 atom stereocenters. The molecule has 0 heterocycles. The second-order valence-corrected chi connectivity index (χ2v) is 5.20. The Bertz CT molecular complexity index is 467. The minimum Gasteiger partial charge on any atom is -0.494 e. The first-order valence-corrected chi connectivity index (χ1v) is 6.50. The summed E-state index contributed by atoms with van der Waals surface area (Å²) in [6, 6.07) is 2.90. The highest BCUT2D eigenvalue weighted by atomic mass is 79.9. The van der Waals surface area contributed by atoms with Crippen molar-refractivity contribution in [3.8, 4) is 5.75 Å². The predicted molar refractivity (Wildman–Crippen MR) is 59.9 cm³/mol. The standard InChI is InChI=1S/C9H11BrO4S/c1-3-14-8-5-9(15(11,12)13)7(10)4-6(8)2/h4-5H,3H2,1-2H3,(H,11,12,13). The van der Waals surface area contributed by atoms with Gasteiger partial charge >= 0.3 is 0 Å². The molecule has 0 saturated carbocycles. The summed E-state index contributed by atoms with van der Waals surface area (Å²) in [4.78, 5) is -0.184. The molecule has 84 valence electrons. The van der Waals surface area contributed by atoms with E-state index >= 15 is 0 Å². The number of benzene rings is 1. The van der Waals surface area contributed by atoms with E-state index in [1.165, 1.54) is 6.07 Å². The first kappa shape index (κ1) is 12.5. The molecular formula is C9H11BrO4S. The van der Waals surface area contributed by atoms with Gasteiger partial charge in [-0.1, -0.05) is 0 Å². The van der Waals surface area contributed by atoms with Gasteiger partial charge in [-0.25, -0.2) is 0 Å². The van der Waals surface area contributed by atoms with Crippen LogP contribution in [-0.4, -0.2) is 19.6 Å². The van der Waals surface area contributed by atoms with Crippen LogP contribution in [0.4, 0.5) is 0 Å². The molecule has 0 saturated heterocycles. The van der Waals surface area contributed by atoms with Crippen molar-refractivity contribution in [3.63, 3.8) is 0 Å². The molecule has 0 aromatic heterocycles. The Kier molecular flexibility index (Phi) is 3.75. The monoisotopic (exact) mass is 294 g/mol. The van der Waals surface area contributed by atoms with Crippen molar-refractivity contribution >= 4 is 26.0 Å². The average Bonchev–Trinajstić information content (AvgIpc) is 2.07. The molecule has 0 spiro atoms. The van der Waals surface area contributed by atoms with Crippen LogP contribution in [-0.2, 0) is 10.1 Å². The van der Waals surface area contributed by atoms with Gasteiger partial charge in [-0.15, -0.1) is 0 Å². The molecule has 0 bridgehead atoms. The van der Waals surface area contributed by atoms with E-state index in [2.05, 4.69) is 15.9 Å². The molecule has 0 fully saturated rings. The van der Waals surface area contributed by atoms with Gasteiger partial charge < -0.3 is 4.74 Å². The summed E-state index contributed by atoms with van der Waals surface area (Å²) in [5.41, 5.74) is 0.802. The molecule has 1 aromatic carbocycles. The Balaban J connectivity index is 3.36.